The lowest BCUT2D eigenvalue weighted by Crippen LogP contribution is -2.33. The highest BCUT2D eigenvalue weighted by Crippen LogP contribution is 2.30. The summed E-state index contributed by atoms with van der Waals surface area (Å²) in [6.45, 7) is 0.917. The topological polar surface area (TPSA) is 55.3 Å². The number of amides is 1. The highest BCUT2D eigenvalue weighted by molar-refractivity contribution is 5.78. The van der Waals surface area contributed by atoms with Crippen molar-refractivity contribution in [2.45, 2.75) is 18.9 Å². The Labute approximate surface area is 94.5 Å². The Kier molecular flexibility index (Phi) is 3.46. The van der Waals surface area contributed by atoms with Crippen LogP contribution in [0.3, 0.4) is 0 Å². The van der Waals surface area contributed by atoms with Gasteiger partial charge in [0.25, 0.3) is 0 Å². The number of nitrogens with zero attached hydrogens (tertiary/aromatic N) is 3. The molecule has 1 fully saturated rings. The molecule has 1 aliphatic heterocycles. The van der Waals surface area contributed by atoms with E-state index in [9.17, 15) is 4.79 Å². The number of rotatable bonds is 3. The quantitative estimate of drug-likeness (QED) is 0.757. The fourth-order valence-corrected chi connectivity index (χ4v) is 2.06. The smallest absolute Gasteiger partial charge is 0.249 e. The molecule has 0 aromatic carbocycles. The van der Waals surface area contributed by atoms with Gasteiger partial charge >= 0.3 is 0 Å². The maximum Gasteiger partial charge on any atom is 0.249 e. The Morgan fingerprint density at radius 3 is 3.19 bits per heavy atom. The molecule has 0 aliphatic carbocycles. The van der Waals surface area contributed by atoms with Crippen molar-refractivity contribution in [1.29, 1.82) is 0 Å². The van der Waals surface area contributed by atoms with Crippen molar-refractivity contribution in [2.75, 3.05) is 20.3 Å². The zero-order valence-corrected chi connectivity index (χ0v) is 9.30. The molecule has 1 unspecified atom stereocenters. The normalized spacial score (nSPS) is 20.1. The summed E-state index contributed by atoms with van der Waals surface area (Å²) in [4.78, 5) is 21.9. The zero-order valence-electron chi connectivity index (χ0n) is 9.30. The fourth-order valence-electron chi connectivity index (χ4n) is 2.06. The van der Waals surface area contributed by atoms with Gasteiger partial charge in [-0.25, -0.2) is 0 Å². The van der Waals surface area contributed by atoms with Crippen molar-refractivity contribution in [3.63, 3.8) is 0 Å². The highest BCUT2D eigenvalue weighted by atomic mass is 16.5. The third kappa shape index (κ3) is 2.19. The predicted molar refractivity (Wildman–Crippen MR) is 57.6 cm³/mol. The van der Waals surface area contributed by atoms with E-state index in [1.165, 1.54) is 7.11 Å². The minimum Gasteiger partial charge on any atom is -0.375 e. The van der Waals surface area contributed by atoms with E-state index >= 15 is 0 Å². The number of ether oxygens (including phenoxy) is 1. The molecular formula is C11H15N3O2. The van der Waals surface area contributed by atoms with Crippen LogP contribution in [-0.2, 0) is 9.53 Å². The molecule has 2 rings (SSSR count). The number of hydrogen-bond acceptors (Lipinski definition) is 4. The number of likely N-dealkylation sites (tertiary alicyclic amines) is 1. The molecule has 0 saturated carbocycles. The van der Waals surface area contributed by atoms with Gasteiger partial charge in [-0.2, -0.15) is 0 Å². The van der Waals surface area contributed by atoms with E-state index in [0.717, 1.165) is 25.1 Å². The van der Waals surface area contributed by atoms with Crippen LogP contribution in [0.1, 0.15) is 24.6 Å². The Hall–Kier alpha value is -1.49. The van der Waals surface area contributed by atoms with Gasteiger partial charge < -0.3 is 9.64 Å². The standard InChI is InChI=1S/C11H15N3O2/c1-16-8-11(15)14-6-2-3-10(14)9-7-12-4-5-13-9/h4-5,7,10H,2-3,6,8H2,1H3. The van der Waals surface area contributed by atoms with Gasteiger partial charge in [0.15, 0.2) is 0 Å². The maximum absolute atomic E-state index is 11.8. The van der Waals surface area contributed by atoms with E-state index in [2.05, 4.69) is 9.97 Å². The van der Waals surface area contributed by atoms with Crippen LogP contribution in [0.2, 0.25) is 0 Å². The molecule has 1 aromatic heterocycles. The molecule has 2 heterocycles. The number of carbonyl (C=O) groups excluding carboxylic acids is 1. The molecule has 1 amide bonds. The molecule has 1 atom stereocenters. The van der Waals surface area contributed by atoms with Crippen LogP contribution in [0.4, 0.5) is 0 Å². The van der Waals surface area contributed by atoms with E-state index in [-0.39, 0.29) is 18.6 Å². The van der Waals surface area contributed by atoms with Crippen molar-refractivity contribution < 1.29 is 9.53 Å². The maximum atomic E-state index is 11.8. The highest BCUT2D eigenvalue weighted by Gasteiger charge is 2.30. The van der Waals surface area contributed by atoms with Gasteiger partial charge in [-0.1, -0.05) is 0 Å². The van der Waals surface area contributed by atoms with Gasteiger partial charge in [0, 0.05) is 26.0 Å². The van der Waals surface area contributed by atoms with E-state index in [1.807, 2.05) is 4.90 Å². The third-order valence-corrected chi connectivity index (χ3v) is 2.77. The summed E-state index contributed by atoms with van der Waals surface area (Å²) in [5.41, 5.74) is 0.865. The van der Waals surface area contributed by atoms with Crippen LogP contribution in [0, 0.1) is 0 Å². The minimum absolute atomic E-state index is 0.0238. The first-order valence-corrected chi connectivity index (χ1v) is 5.37. The fraction of sp³-hybridized carbons (Fsp3) is 0.545. The monoisotopic (exact) mass is 221 g/mol. The van der Waals surface area contributed by atoms with Crippen molar-refractivity contribution in [2.24, 2.45) is 0 Å². The second-order valence-electron chi connectivity index (χ2n) is 3.81. The molecule has 5 heteroatoms. The van der Waals surface area contributed by atoms with E-state index in [0.29, 0.717) is 0 Å². The molecule has 0 bridgehead atoms. The first-order valence-electron chi connectivity index (χ1n) is 5.37. The lowest BCUT2D eigenvalue weighted by Gasteiger charge is -2.23. The number of carbonyl (C=O) groups is 1. The molecule has 1 aliphatic rings. The summed E-state index contributed by atoms with van der Waals surface area (Å²) in [6, 6.07) is 0.0661. The van der Waals surface area contributed by atoms with Crippen molar-refractivity contribution in [3.8, 4) is 0 Å². The molecule has 1 saturated heterocycles. The largest absolute Gasteiger partial charge is 0.375 e. The molecule has 0 radical (unpaired) electrons. The first-order chi connectivity index (χ1) is 7.83. The summed E-state index contributed by atoms with van der Waals surface area (Å²) < 4.78 is 4.87. The molecular weight excluding hydrogens is 206 g/mol. The molecule has 16 heavy (non-hydrogen) atoms. The predicted octanol–water partition coefficient (Wildman–Crippen LogP) is 0.786. The van der Waals surface area contributed by atoms with Crippen molar-refractivity contribution >= 4 is 5.91 Å². The van der Waals surface area contributed by atoms with E-state index in [1.54, 1.807) is 18.6 Å². The lowest BCUT2D eigenvalue weighted by atomic mass is 10.1. The Morgan fingerprint density at radius 1 is 1.62 bits per heavy atom. The molecule has 0 N–H and O–H groups in total. The van der Waals surface area contributed by atoms with Crippen molar-refractivity contribution in [3.05, 3.63) is 24.3 Å². The third-order valence-electron chi connectivity index (χ3n) is 2.77. The first kappa shape index (κ1) is 11.0. The SMILES string of the molecule is COCC(=O)N1CCCC1c1cnccn1. The average Bonchev–Trinajstić information content (AvgIpc) is 2.79. The minimum atomic E-state index is 0.0238. The number of methoxy groups -OCH3 is 1. The Bertz CT molecular complexity index is 356. The molecule has 1 aromatic rings. The zero-order chi connectivity index (χ0) is 11.4. The van der Waals surface area contributed by atoms with Gasteiger partial charge in [-0.15, -0.1) is 0 Å². The lowest BCUT2D eigenvalue weighted by molar-refractivity contribution is -0.136. The summed E-state index contributed by atoms with van der Waals surface area (Å²) in [7, 11) is 1.53. The average molecular weight is 221 g/mol. The molecule has 86 valence electrons. The van der Waals surface area contributed by atoms with Crippen LogP contribution in [0.25, 0.3) is 0 Å². The summed E-state index contributed by atoms with van der Waals surface area (Å²) in [5.74, 6) is 0.0238. The van der Waals surface area contributed by atoms with Gasteiger partial charge in [-0.3, -0.25) is 14.8 Å². The van der Waals surface area contributed by atoms with Crippen LogP contribution in [-0.4, -0.2) is 41.0 Å². The van der Waals surface area contributed by atoms with Gasteiger partial charge in [0.2, 0.25) is 5.91 Å². The van der Waals surface area contributed by atoms with Crippen molar-refractivity contribution in [1.82, 2.24) is 14.9 Å². The van der Waals surface area contributed by atoms with Crippen LogP contribution < -0.4 is 0 Å². The Balaban J connectivity index is 2.12. The molecule has 5 nitrogen and oxygen atoms in total. The molecule has 0 spiro atoms. The van der Waals surface area contributed by atoms with Crippen LogP contribution >= 0.6 is 0 Å². The van der Waals surface area contributed by atoms with Crippen LogP contribution in [0.15, 0.2) is 18.6 Å². The summed E-state index contributed by atoms with van der Waals surface area (Å²) in [5, 5.41) is 0. The van der Waals surface area contributed by atoms with Gasteiger partial charge in [0.1, 0.15) is 6.61 Å². The second-order valence-corrected chi connectivity index (χ2v) is 3.81. The van der Waals surface area contributed by atoms with Gasteiger partial charge in [0.05, 0.1) is 17.9 Å². The summed E-state index contributed by atoms with van der Waals surface area (Å²) >= 11 is 0. The van der Waals surface area contributed by atoms with E-state index < -0.39 is 0 Å². The number of aromatic nitrogens is 2. The Morgan fingerprint density at radius 2 is 2.50 bits per heavy atom. The second kappa shape index (κ2) is 5.03. The van der Waals surface area contributed by atoms with Gasteiger partial charge in [-0.05, 0) is 12.8 Å². The van der Waals surface area contributed by atoms with Crippen LogP contribution in [0.5, 0.6) is 0 Å². The van der Waals surface area contributed by atoms with E-state index in [4.69, 9.17) is 4.74 Å². The summed E-state index contributed by atoms with van der Waals surface area (Å²) in [6.07, 6.45) is 6.99. The number of hydrogen-bond donors (Lipinski definition) is 0.